The van der Waals surface area contributed by atoms with Crippen LogP contribution in [0.4, 0.5) is 5.69 Å². The van der Waals surface area contributed by atoms with Crippen LogP contribution in [0, 0.1) is 11.3 Å². The minimum atomic E-state index is 0.535. The molecule has 0 aliphatic carbocycles. The van der Waals surface area contributed by atoms with Gasteiger partial charge in [0.1, 0.15) is 5.82 Å². The first-order valence-corrected chi connectivity index (χ1v) is 12.0. The number of aromatic nitrogens is 2. The topological polar surface area (TPSA) is 59.0 Å². The summed E-state index contributed by atoms with van der Waals surface area (Å²) in [7, 11) is 0. The third-order valence-electron chi connectivity index (χ3n) is 6.30. The van der Waals surface area contributed by atoms with Gasteiger partial charge in [0.2, 0.25) is 0 Å². The van der Waals surface area contributed by atoms with Gasteiger partial charge in [0.25, 0.3) is 0 Å². The highest BCUT2D eigenvalue weighted by atomic mass is 15.1. The van der Waals surface area contributed by atoms with Gasteiger partial charge < -0.3 is 20.2 Å². The van der Waals surface area contributed by atoms with Crippen LogP contribution in [0.25, 0.3) is 17.3 Å². The van der Waals surface area contributed by atoms with Crippen LogP contribution in [0.5, 0.6) is 0 Å². The number of allylic oxidation sites excluding steroid dienone is 1. The number of nitrogens with zero attached hydrogens (tertiary/aromatic N) is 3. The fourth-order valence-electron chi connectivity index (χ4n) is 4.34. The van der Waals surface area contributed by atoms with Gasteiger partial charge in [0.05, 0.1) is 11.9 Å². The molecule has 3 rings (SSSR count). The molecule has 0 amide bonds. The van der Waals surface area contributed by atoms with E-state index >= 15 is 0 Å². The molecule has 2 heterocycles. The zero-order chi connectivity index (χ0) is 22.1. The molecule has 0 radical (unpaired) electrons. The summed E-state index contributed by atoms with van der Waals surface area (Å²) in [4.78, 5) is 12.8. The molecule has 2 N–H and O–H groups in total. The molecule has 5 nitrogen and oxygen atoms in total. The van der Waals surface area contributed by atoms with E-state index in [0.29, 0.717) is 11.6 Å². The minimum absolute atomic E-state index is 0.535. The summed E-state index contributed by atoms with van der Waals surface area (Å²) in [6.07, 6.45) is 11.5. The Balaban J connectivity index is 1.50. The van der Waals surface area contributed by atoms with Crippen LogP contribution in [0.2, 0.25) is 0 Å². The van der Waals surface area contributed by atoms with E-state index in [2.05, 4.69) is 64.8 Å². The van der Waals surface area contributed by atoms with Crippen molar-refractivity contribution in [1.29, 1.82) is 5.41 Å². The number of rotatable bonds is 12. The summed E-state index contributed by atoms with van der Waals surface area (Å²) in [5.74, 6) is 1.34. The molecule has 168 valence electrons. The van der Waals surface area contributed by atoms with Crippen molar-refractivity contribution in [2.45, 2.75) is 52.9 Å². The Labute approximate surface area is 188 Å². The lowest BCUT2D eigenvalue weighted by atomic mass is 9.98. The molecular formula is C26H39N5. The summed E-state index contributed by atoms with van der Waals surface area (Å²) in [5.41, 5.74) is 4.15. The Morgan fingerprint density at radius 1 is 1.26 bits per heavy atom. The molecular weight excluding hydrogens is 382 g/mol. The van der Waals surface area contributed by atoms with Crippen LogP contribution < -0.4 is 4.90 Å². The maximum absolute atomic E-state index is 8.31. The van der Waals surface area contributed by atoms with E-state index in [9.17, 15) is 0 Å². The molecule has 0 saturated carbocycles. The summed E-state index contributed by atoms with van der Waals surface area (Å²) in [6, 6.07) is 8.68. The third kappa shape index (κ3) is 7.06. The van der Waals surface area contributed by atoms with E-state index in [1.807, 2.05) is 18.3 Å². The predicted molar refractivity (Wildman–Crippen MR) is 133 cm³/mol. The summed E-state index contributed by atoms with van der Waals surface area (Å²) in [5, 5.41) is 8.31. The SMILES string of the molecule is CCN(CC)CCCC(C)CC(=N)/C=C\c1ncc(-c2cccc(N3CCCC3)c2)[nH]1. The Hall–Kier alpha value is -2.40. The lowest BCUT2D eigenvalue weighted by Crippen LogP contribution is -2.24. The first kappa shape index (κ1) is 23.3. The van der Waals surface area contributed by atoms with Gasteiger partial charge in [-0.1, -0.05) is 32.9 Å². The molecule has 1 aromatic carbocycles. The highest BCUT2D eigenvalue weighted by Gasteiger charge is 2.13. The number of benzene rings is 1. The van der Waals surface area contributed by atoms with Gasteiger partial charge in [-0.2, -0.15) is 0 Å². The molecule has 2 aromatic rings. The highest BCUT2D eigenvalue weighted by Crippen LogP contribution is 2.26. The molecule has 1 aliphatic heterocycles. The van der Waals surface area contributed by atoms with Crippen molar-refractivity contribution in [1.82, 2.24) is 14.9 Å². The molecule has 1 fully saturated rings. The smallest absolute Gasteiger partial charge is 0.130 e. The summed E-state index contributed by atoms with van der Waals surface area (Å²) in [6.45, 7) is 12.4. The first-order valence-electron chi connectivity index (χ1n) is 12.0. The van der Waals surface area contributed by atoms with Crippen molar-refractivity contribution in [3.63, 3.8) is 0 Å². The van der Waals surface area contributed by atoms with Crippen molar-refractivity contribution in [3.05, 3.63) is 42.4 Å². The predicted octanol–water partition coefficient (Wildman–Crippen LogP) is 5.86. The first-order chi connectivity index (χ1) is 15.1. The van der Waals surface area contributed by atoms with Crippen LogP contribution in [-0.4, -0.2) is 53.3 Å². The average Bonchev–Trinajstić information content (AvgIpc) is 3.48. The van der Waals surface area contributed by atoms with E-state index in [1.54, 1.807) is 0 Å². The third-order valence-corrected chi connectivity index (χ3v) is 6.30. The number of hydrogen-bond donors (Lipinski definition) is 2. The van der Waals surface area contributed by atoms with E-state index < -0.39 is 0 Å². The largest absolute Gasteiger partial charge is 0.372 e. The molecule has 1 atom stereocenters. The maximum atomic E-state index is 8.31. The molecule has 1 aliphatic rings. The number of anilines is 1. The Morgan fingerprint density at radius 2 is 2.03 bits per heavy atom. The fraction of sp³-hybridized carbons (Fsp3) is 0.538. The quantitative estimate of drug-likeness (QED) is 0.422. The molecule has 5 heteroatoms. The summed E-state index contributed by atoms with van der Waals surface area (Å²) >= 11 is 0. The van der Waals surface area contributed by atoms with Crippen LogP contribution in [-0.2, 0) is 0 Å². The monoisotopic (exact) mass is 421 g/mol. The van der Waals surface area contributed by atoms with Crippen LogP contribution >= 0.6 is 0 Å². The molecule has 0 spiro atoms. The summed E-state index contributed by atoms with van der Waals surface area (Å²) < 4.78 is 0. The Bertz CT molecular complexity index is 843. The van der Waals surface area contributed by atoms with Crippen LogP contribution in [0.1, 0.15) is 58.7 Å². The van der Waals surface area contributed by atoms with E-state index in [4.69, 9.17) is 5.41 Å². The van der Waals surface area contributed by atoms with Gasteiger partial charge in [0.15, 0.2) is 0 Å². The highest BCUT2D eigenvalue weighted by molar-refractivity contribution is 5.95. The van der Waals surface area contributed by atoms with Gasteiger partial charge in [-0.3, -0.25) is 0 Å². The second-order valence-electron chi connectivity index (χ2n) is 8.76. The lowest BCUT2D eigenvalue weighted by Gasteiger charge is -2.19. The van der Waals surface area contributed by atoms with Gasteiger partial charge in [-0.05, 0) is 81.9 Å². The zero-order valence-electron chi connectivity index (χ0n) is 19.5. The van der Waals surface area contributed by atoms with Crippen molar-refractivity contribution in [2.24, 2.45) is 5.92 Å². The average molecular weight is 422 g/mol. The van der Waals surface area contributed by atoms with Crippen LogP contribution in [0.3, 0.4) is 0 Å². The zero-order valence-corrected chi connectivity index (χ0v) is 19.5. The van der Waals surface area contributed by atoms with Crippen molar-refractivity contribution in [2.75, 3.05) is 37.6 Å². The van der Waals surface area contributed by atoms with Gasteiger partial charge in [0, 0.05) is 30.1 Å². The number of nitrogens with one attached hydrogen (secondary N) is 2. The number of aromatic amines is 1. The molecule has 1 saturated heterocycles. The van der Waals surface area contributed by atoms with Crippen LogP contribution in [0.15, 0.2) is 36.5 Å². The number of H-pyrrole nitrogens is 1. The van der Waals surface area contributed by atoms with Crippen molar-refractivity contribution in [3.8, 4) is 11.3 Å². The van der Waals surface area contributed by atoms with Crippen molar-refractivity contribution < 1.29 is 0 Å². The van der Waals surface area contributed by atoms with Gasteiger partial charge in [-0.25, -0.2) is 4.98 Å². The standard InChI is InChI=1S/C26H39N5/c1-4-30(5-2)15-9-10-21(3)18-23(27)13-14-26-28-20-25(29-26)22-11-8-12-24(19-22)31-16-6-7-17-31/h8,11-14,19-21,27H,4-7,9-10,15-18H2,1-3H3,(H,28,29)/b14-13-,27-23?. The van der Waals surface area contributed by atoms with Crippen molar-refractivity contribution >= 4 is 17.5 Å². The van der Waals surface area contributed by atoms with E-state index in [1.165, 1.54) is 31.4 Å². The minimum Gasteiger partial charge on any atom is -0.372 e. The number of hydrogen-bond acceptors (Lipinski definition) is 4. The van der Waals surface area contributed by atoms with E-state index in [-0.39, 0.29) is 0 Å². The Kier molecular flexibility index (Phi) is 8.89. The second-order valence-corrected chi connectivity index (χ2v) is 8.76. The second kappa shape index (κ2) is 11.8. The lowest BCUT2D eigenvalue weighted by molar-refractivity contribution is 0.289. The van der Waals surface area contributed by atoms with Gasteiger partial charge in [-0.15, -0.1) is 0 Å². The number of imidazole rings is 1. The van der Waals surface area contributed by atoms with Gasteiger partial charge >= 0.3 is 0 Å². The molecule has 1 unspecified atom stereocenters. The Morgan fingerprint density at radius 3 is 2.77 bits per heavy atom. The normalized spacial score (nSPS) is 15.3. The molecule has 0 bridgehead atoms. The molecule has 1 aromatic heterocycles. The van der Waals surface area contributed by atoms with E-state index in [0.717, 1.165) is 56.2 Å². The molecule has 31 heavy (non-hydrogen) atoms. The maximum Gasteiger partial charge on any atom is 0.130 e. The fourth-order valence-corrected chi connectivity index (χ4v) is 4.34.